The molecule has 0 spiro atoms. The number of nitrogens with zero attached hydrogens (tertiary/aromatic N) is 4. The van der Waals surface area contributed by atoms with Crippen molar-refractivity contribution in [3.05, 3.63) is 52.8 Å². The fourth-order valence-electron chi connectivity index (χ4n) is 2.04. The SMILES string of the molecule is Nn1c(SCC(=O)Nc2c(F)cc(F)cc2Br)nnc1-c1ccncc1. The molecule has 134 valence electrons. The molecule has 1 aromatic carbocycles. The van der Waals surface area contributed by atoms with E-state index >= 15 is 0 Å². The molecule has 0 saturated heterocycles. The topological polar surface area (TPSA) is 98.7 Å². The molecule has 2 aromatic heterocycles. The lowest BCUT2D eigenvalue weighted by atomic mass is 10.2. The van der Waals surface area contributed by atoms with Crippen molar-refractivity contribution in [3.63, 3.8) is 0 Å². The number of nitrogens with one attached hydrogen (secondary N) is 1. The molecule has 0 bridgehead atoms. The molecule has 26 heavy (non-hydrogen) atoms. The fraction of sp³-hybridized carbons (Fsp3) is 0.0667. The number of anilines is 1. The molecule has 7 nitrogen and oxygen atoms in total. The van der Waals surface area contributed by atoms with Crippen LogP contribution in [0, 0.1) is 11.6 Å². The minimum absolute atomic E-state index is 0.0884. The molecule has 0 radical (unpaired) electrons. The maximum atomic E-state index is 13.7. The number of carbonyl (C=O) groups excluding carboxylic acids is 1. The number of nitrogens with two attached hydrogens (primary N) is 1. The lowest BCUT2D eigenvalue weighted by molar-refractivity contribution is -0.113. The third-order valence-electron chi connectivity index (χ3n) is 3.21. The zero-order valence-corrected chi connectivity index (χ0v) is 15.4. The van der Waals surface area contributed by atoms with Crippen LogP contribution in [0.15, 0.2) is 46.3 Å². The monoisotopic (exact) mass is 440 g/mol. The van der Waals surface area contributed by atoms with Gasteiger partial charge in [0.2, 0.25) is 11.1 Å². The molecule has 0 aliphatic heterocycles. The molecular weight excluding hydrogens is 430 g/mol. The Morgan fingerprint density at radius 3 is 2.69 bits per heavy atom. The summed E-state index contributed by atoms with van der Waals surface area (Å²) < 4.78 is 28.2. The van der Waals surface area contributed by atoms with E-state index in [1.54, 1.807) is 24.5 Å². The average molecular weight is 441 g/mol. The maximum Gasteiger partial charge on any atom is 0.234 e. The van der Waals surface area contributed by atoms with E-state index in [1.807, 2.05) is 0 Å². The Labute approximate surface area is 159 Å². The van der Waals surface area contributed by atoms with Gasteiger partial charge in [-0.3, -0.25) is 9.78 Å². The van der Waals surface area contributed by atoms with Gasteiger partial charge in [0.15, 0.2) is 11.6 Å². The number of nitrogen functional groups attached to an aromatic ring is 1. The lowest BCUT2D eigenvalue weighted by Crippen LogP contribution is -2.17. The number of thioether (sulfide) groups is 1. The van der Waals surface area contributed by atoms with E-state index < -0.39 is 17.5 Å². The van der Waals surface area contributed by atoms with Crippen LogP contribution in [-0.4, -0.2) is 31.5 Å². The highest BCUT2D eigenvalue weighted by molar-refractivity contribution is 9.10. The minimum Gasteiger partial charge on any atom is -0.335 e. The van der Waals surface area contributed by atoms with Gasteiger partial charge in [-0.15, -0.1) is 10.2 Å². The number of hydrogen-bond acceptors (Lipinski definition) is 6. The highest BCUT2D eigenvalue weighted by Crippen LogP contribution is 2.27. The first-order chi connectivity index (χ1) is 12.5. The van der Waals surface area contributed by atoms with Crippen LogP contribution < -0.4 is 11.2 Å². The summed E-state index contributed by atoms with van der Waals surface area (Å²) in [7, 11) is 0. The molecule has 0 aliphatic carbocycles. The Kier molecular flexibility index (Phi) is 5.47. The number of aromatic nitrogens is 4. The Bertz CT molecular complexity index is 930. The summed E-state index contributed by atoms with van der Waals surface area (Å²) >= 11 is 4.04. The molecule has 11 heteroatoms. The van der Waals surface area contributed by atoms with E-state index in [9.17, 15) is 13.6 Å². The number of amides is 1. The van der Waals surface area contributed by atoms with Crippen molar-refractivity contribution in [2.24, 2.45) is 0 Å². The zero-order valence-electron chi connectivity index (χ0n) is 13.0. The average Bonchev–Trinajstić information content (AvgIpc) is 2.98. The van der Waals surface area contributed by atoms with Crippen LogP contribution in [0.2, 0.25) is 0 Å². The molecule has 3 N–H and O–H groups in total. The first-order valence-electron chi connectivity index (χ1n) is 7.14. The minimum atomic E-state index is -0.878. The molecule has 3 aromatic rings. The Morgan fingerprint density at radius 2 is 2.00 bits per heavy atom. The smallest absolute Gasteiger partial charge is 0.234 e. The molecule has 0 atom stereocenters. The maximum absolute atomic E-state index is 13.7. The number of halogens is 3. The van der Waals surface area contributed by atoms with Gasteiger partial charge in [0.25, 0.3) is 0 Å². The highest BCUT2D eigenvalue weighted by atomic mass is 79.9. The highest BCUT2D eigenvalue weighted by Gasteiger charge is 2.16. The van der Waals surface area contributed by atoms with E-state index in [2.05, 4.69) is 36.4 Å². The van der Waals surface area contributed by atoms with Crippen LogP contribution in [-0.2, 0) is 4.79 Å². The largest absolute Gasteiger partial charge is 0.335 e. The quantitative estimate of drug-likeness (QED) is 0.467. The van der Waals surface area contributed by atoms with Crippen molar-refractivity contribution in [3.8, 4) is 11.4 Å². The number of benzene rings is 1. The van der Waals surface area contributed by atoms with E-state index in [0.717, 1.165) is 23.4 Å². The van der Waals surface area contributed by atoms with Gasteiger partial charge in [-0.1, -0.05) is 11.8 Å². The van der Waals surface area contributed by atoms with Crippen molar-refractivity contribution in [1.82, 2.24) is 19.9 Å². The summed E-state index contributed by atoms with van der Waals surface area (Å²) in [4.78, 5) is 16.0. The van der Waals surface area contributed by atoms with Gasteiger partial charge < -0.3 is 11.2 Å². The van der Waals surface area contributed by atoms with Crippen LogP contribution in [0.4, 0.5) is 14.5 Å². The first kappa shape index (κ1) is 18.3. The normalized spacial score (nSPS) is 10.7. The Hall–Kier alpha value is -2.53. The Balaban J connectivity index is 1.67. The number of carbonyl (C=O) groups is 1. The second-order valence-electron chi connectivity index (χ2n) is 4.99. The summed E-state index contributed by atoms with van der Waals surface area (Å²) in [6.45, 7) is 0. The molecular formula is C15H11BrF2N6OS. The summed E-state index contributed by atoms with van der Waals surface area (Å²) in [5.41, 5.74) is 0.590. The van der Waals surface area contributed by atoms with E-state index in [-0.39, 0.29) is 15.9 Å². The van der Waals surface area contributed by atoms with Gasteiger partial charge in [0.1, 0.15) is 5.82 Å². The van der Waals surface area contributed by atoms with Crippen LogP contribution >= 0.6 is 27.7 Å². The predicted molar refractivity (Wildman–Crippen MR) is 96.8 cm³/mol. The number of rotatable bonds is 5. The van der Waals surface area contributed by atoms with Gasteiger partial charge in [-0.2, -0.15) is 0 Å². The van der Waals surface area contributed by atoms with Crippen LogP contribution in [0.25, 0.3) is 11.4 Å². The molecule has 1 amide bonds. The number of hydrogen-bond donors (Lipinski definition) is 2. The van der Waals surface area contributed by atoms with Crippen molar-refractivity contribution < 1.29 is 13.6 Å². The van der Waals surface area contributed by atoms with Crippen LogP contribution in [0.5, 0.6) is 0 Å². The second-order valence-corrected chi connectivity index (χ2v) is 6.79. The van der Waals surface area contributed by atoms with Crippen LogP contribution in [0.3, 0.4) is 0 Å². The van der Waals surface area contributed by atoms with Crippen molar-refractivity contribution in [1.29, 1.82) is 0 Å². The van der Waals surface area contributed by atoms with Gasteiger partial charge in [0.05, 0.1) is 11.4 Å². The molecule has 0 saturated carbocycles. The van der Waals surface area contributed by atoms with Gasteiger partial charge >= 0.3 is 0 Å². The predicted octanol–water partition coefficient (Wildman–Crippen LogP) is 2.83. The summed E-state index contributed by atoms with van der Waals surface area (Å²) in [5, 5.41) is 10.6. The van der Waals surface area contributed by atoms with Crippen molar-refractivity contribution in [2.75, 3.05) is 16.9 Å². The fourth-order valence-corrected chi connectivity index (χ4v) is 3.20. The van der Waals surface area contributed by atoms with Gasteiger partial charge in [0, 0.05) is 28.5 Å². The summed E-state index contributed by atoms with van der Waals surface area (Å²) in [5.74, 6) is 4.15. The molecule has 2 heterocycles. The standard InChI is InChI=1S/C15H11BrF2N6OS/c16-10-5-9(17)6-11(18)13(10)21-12(25)7-26-15-23-22-14(24(15)19)8-1-3-20-4-2-8/h1-6H,7,19H2,(H,21,25). The third kappa shape index (κ3) is 3.99. The van der Waals surface area contributed by atoms with E-state index in [4.69, 9.17) is 5.84 Å². The van der Waals surface area contributed by atoms with Gasteiger partial charge in [-0.25, -0.2) is 13.5 Å². The van der Waals surface area contributed by atoms with Crippen molar-refractivity contribution in [2.45, 2.75) is 5.16 Å². The number of pyridine rings is 1. The van der Waals surface area contributed by atoms with Crippen LogP contribution in [0.1, 0.15) is 0 Å². The zero-order chi connectivity index (χ0) is 18.7. The molecule has 0 unspecified atom stereocenters. The second kappa shape index (κ2) is 7.79. The van der Waals surface area contributed by atoms with E-state index in [0.29, 0.717) is 17.0 Å². The Morgan fingerprint density at radius 1 is 1.27 bits per heavy atom. The summed E-state index contributed by atoms with van der Waals surface area (Å²) in [6.07, 6.45) is 3.19. The lowest BCUT2D eigenvalue weighted by Gasteiger charge is -2.08. The molecule has 0 aliphatic rings. The van der Waals surface area contributed by atoms with Crippen molar-refractivity contribution >= 4 is 39.3 Å². The third-order valence-corrected chi connectivity index (χ3v) is 4.78. The molecule has 0 fully saturated rings. The van der Waals surface area contributed by atoms with Gasteiger partial charge in [-0.05, 0) is 34.1 Å². The van der Waals surface area contributed by atoms with E-state index in [1.165, 1.54) is 4.68 Å². The molecule has 3 rings (SSSR count). The first-order valence-corrected chi connectivity index (χ1v) is 8.91. The summed E-state index contributed by atoms with van der Waals surface area (Å²) in [6, 6.07) is 5.20.